The summed E-state index contributed by atoms with van der Waals surface area (Å²) in [4.78, 5) is 0.164. The van der Waals surface area contributed by atoms with E-state index >= 15 is 0 Å². The summed E-state index contributed by atoms with van der Waals surface area (Å²) in [5, 5.41) is 7.57. The van der Waals surface area contributed by atoms with Gasteiger partial charge in [-0.05, 0) is 19.1 Å². The standard InChI is InChI=1S/C16H33.C9H10O3S.C2H6O.Na/c1-3-5-7-9-11-13-15-16-14-12-10-8-6-4-2;1-2-8-12-13(10,11)9-6-4-3-5-7-9;1-2-3;/h1,3-16H2,2H3;2-7H,1,8H2;3H,2H2,1H3;/q-1;;;+1. The van der Waals surface area contributed by atoms with Gasteiger partial charge >= 0.3 is 29.6 Å². The Bertz CT molecular complexity index is 577. The molecule has 0 fully saturated rings. The van der Waals surface area contributed by atoms with E-state index in [1.165, 1.54) is 102 Å². The van der Waals surface area contributed by atoms with Crippen molar-refractivity contribution in [3.8, 4) is 0 Å². The zero-order valence-corrected chi connectivity index (χ0v) is 24.6. The largest absolute Gasteiger partial charge is 1.00 e. The van der Waals surface area contributed by atoms with Gasteiger partial charge in [-0.15, -0.1) is 6.58 Å². The molecule has 1 aromatic carbocycles. The van der Waals surface area contributed by atoms with E-state index in [0.29, 0.717) is 0 Å². The Morgan fingerprint density at radius 2 is 1.24 bits per heavy atom. The zero-order chi connectivity index (χ0) is 24.3. The smallest absolute Gasteiger partial charge is 0.397 e. The topological polar surface area (TPSA) is 63.6 Å². The predicted octanol–water partition coefficient (Wildman–Crippen LogP) is 4.88. The number of aliphatic hydroxyl groups excluding tert-OH is 1. The maximum atomic E-state index is 11.3. The molecular weight excluding hydrogens is 443 g/mol. The molecule has 0 spiro atoms. The molecular formula is C27H49NaO4S. The van der Waals surface area contributed by atoms with Crippen LogP contribution in [0.2, 0.25) is 0 Å². The van der Waals surface area contributed by atoms with Crippen molar-refractivity contribution in [1.29, 1.82) is 0 Å². The van der Waals surface area contributed by atoms with Crippen LogP contribution in [0.15, 0.2) is 47.9 Å². The Morgan fingerprint density at radius 1 is 0.848 bits per heavy atom. The van der Waals surface area contributed by atoms with Crippen molar-refractivity contribution in [2.45, 2.75) is 109 Å². The molecule has 0 saturated carbocycles. The summed E-state index contributed by atoms with van der Waals surface area (Å²) < 4.78 is 27.3. The van der Waals surface area contributed by atoms with Gasteiger partial charge < -0.3 is 12.0 Å². The second-order valence-corrected chi connectivity index (χ2v) is 9.37. The van der Waals surface area contributed by atoms with E-state index in [-0.39, 0.29) is 47.7 Å². The van der Waals surface area contributed by atoms with Crippen LogP contribution in [0.5, 0.6) is 0 Å². The van der Waals surface area contributed by atoms with E-state index in [1.807, 2.05) is 0 Å². The first-order chi connectivity index (χ1) is 15.5. The van der Waals surface area contributed by atoms with Crippen LogP contribution in [-0.4, -0.2) is 26.7 Å². The van der Waals surface area contributed by atoms with Gasteiger partial charge in [0.1, 0.15) is 0 Å². The molecule has 0 aliphatic carbocycles. The van der Waals surface area contributed by atoms with Gasteiger partial charge in [0.25, 0.3) is 10.1 Å². The fraction of sp³-hybridized carbons (Fsp3) is 0.667. The molecule has 0 heterocycles. The fourth-order valence-corrected chi connectivity index (χ4v) is 3.89. The SMILES string of the molecule is C=CCOS(=O)(=O)c1ccccc1.CCO.[CH2-]CCCCCCCCCCCCCCC.[Na+]. The van der Waals surface area contributed by atoms with Crippen LogP contribution in [0.3, 0.4) is 0 Å². The number of hydrogen-bond acceptors (Lipinski definition) is 4. The van der Waals surface area contributed by atoms with E-state index in [9.17, 15) is 8.42 Å². The van der Waals surface area contributed by atoms with Crippen LogP contribution in [0.1, 0.15) is 104 Å². The fourth-order valence-electron chi connectivity index (χ4n) is 2.99. The van der Waals surface area contributed by atoms with Crippen molar-refractivity contribution in [1.82, 2.24) is 0 Å². The van der Waals surface area contributed by atoms with Gasteiger partial charge in [0.05, 0.1) is 11.5 Å². The van der Waals surface area contributed by atoms with Crippen LogP contribution in [0, 0.1) is 6.92 Å². The van der Waals surface area contributed by atoms with Crippen molar-refractivity contribution in [2.24, 2.45) is 0 Å². The van der Waals surface area contributed by atoms with Gasteiger partial charge in [0.15, 0.2) is 0 Å². The third kappa shape index (κ3) is 28.0. The third-order valence-electron chi connectivity index (χ3n) is 4.73. The summed E-state index contributed by atoms with van der Waals surface area (Å²) >= 11 is 0. The molecule has 1 aromatic rings. The molecule has 0 unspecified atom stereocenters. The number of rotatable bonds is 17. The van der Waals surface area contributed by atoms with Crippen molar-refractivity contribution < 1.29 is 47.3 Å². The monoisotopic (exact) mass is 492 g/mol. The second-order valence-electron chi connectivity index (χ2n) is 7.75. The molecule has 0 bridgehead atoms. The van der Waals surface area contributed by atoms with Crippen LogP contribution >= 0.6 is 0 Å². The third-order valence-corrected chi connectivity index (χ3v) is 6.02. The normalized spacial score (nSPS) is 10.2. The van der Waals surface area contributed by atoms with Crippen molar-refractivity contribution in [2.75, 3.05) is 13.2 Å². The predicted molar refractivity (Wildman–Crippen MR) is 138 cm³/mol. The van der Waals surface area contributed by atoms with Gasteiger partial charge in [0.2, 0.25) is 0 Å². The van der Waals surface area contributed by atoms with Gasteiger partial charge in [0, 0.05) is 6.61 Å². The van der Waals surface area contributed by atoms with Gasteiger partial charge in [-0.1, -0.05) is 115 Å². The minimum atomic E-state index is -3.59. The van der Waals surface area contributed by atoms with E-state index in [2.05, 4.69) is 24.6 Å². The minimum Gasteiger partial charge on any atom is -0.397 e. The summed E-state index contributed by atoms with van der Waals surface area (Å²) in [5.74, 6) is 0. The molecule has 4 nitrogen and oxygen atoms in total. The maximum Gasteiger partial charge on any atom is 1.00 e. The zero-order valence-electron chi connectivity index (χ0n) is 21.8. The van der Waals surface area contributed by atoms with Crippen LogP contribution < -0.4 is 29.6 Å². The molecule has 0 aliphatic heterocycles. The number of hydrogen-bond donors (Lipinski definition) is 1. The Balaban J connectivity index is -0.000000480. The molecule has 1 N–H and O–H groups in total. The van der Waals surface area contributed by atoms with Crippen LogP contribution in [0.25, 0.3) is 0 Å². The maximum absolute atomic E-state index is 11.3. The molecule has 0 aromatic heterocycles. The Labute approximate surface area is 228 Å². The minimum absolute atomic E-state index is 0. The summed E-state index contributed by atoms with van der Waals surface area (Å²) in [6, 6.07) is 8.00. The molecule has 1 rings (SSSR count). The molecule has 188 valence electrons. The van der Waals surface area contributed by atoms with Gasteiger partial charge in [-0.3, -0.25) is 4.18 Å². The molecule has 0 saturated heterocycles. The summed E-state index contributed by atoms with van der Waals surface area (Å²) in [7, 11) is -3.59. The molecule has 0 aliphatic rings. The van der Waals surface area contributed by atoms with E-state index < -0.39 is 10.1 Å². The first-order valence-electron chi connectivity index (χ1n) is 12.5. The number of benzene rings is 1. The van der Waals surface area contributed by atoms with Gasteiger partial charge in [-0.2, -0.15) is 14.8 Å². The molecule has 0 amide bonds. The second kappa shape index (κ2) is 29.9. The first kappa shape index (κ1) is 37.4. The number of unbranched alkanes of at least 4 members (excludes halogenated alkanes) is 13. The van der Waals surface area contributed by atoms with Crippen molar-refractivity contribution in [3.05, 3.63) is 49.9 Å². The molecule has 6 heteroatoms. The average Bonchev–Trinajstić information content (AvgIpc) is 2.80. The summed E-state index contributed by atoms with van der Waals surface area (Å²) in [6.07, 6.45) is 21.2. The Morgan fingerprint density at radius 3 is 1.61 bits per heavy atom. The van der Waals surface area contributed by atoms with Crippen molar-refractivity contribution >= 4 is 10.1 Å². The van der Waals surface area contributed by atoms with Crippen LogP contribution in [0.4, 0.5) is 0 Å². The Hall–Kier alpha value is -0.170. The van der Waals surface area contributed by atoms with E-state index in [0.717, 1.165) is 6.42 Å². The van der Waals surface area contributed by atoms with E-state index in [1.54, 1.807) is 25.1 Å². The molecule has 33 heavy (non-hydrogen) atoms. The quantitative estimate of drug-likeness (QED) is 0.111. The Kier molecular flexibility index (Phi) is 33.8. The summed E-state index contributed by atoms with van der Waals surface area (Å²) in [5.41, 5.74) is 0. The molecule has 0 atom stereocenters. The van der Waals surface area contributed by atoms with Crippen molar-refractivity contribution in [3.63, 3.8) is 0 Å². The molecule has 0 radical (unpaired) electrons. The first-order valence-corrected chi connectivity index (χ1v) is 13.9. The van der Waals surface area contributed by atoms with E-state index in [4.69, 9.17) is 5.11 Å². The van der Waals surface area contributed by atoms with Gasteiger partial charge in [-0.25, -0.2) is 0 Å². The van der Waals surface area contributed by atoms with Crippen LogP contribution in [-0.2, 0) is 14.3 Å². The summed E-state index contributed by atoms with van der Waals surface area (Å²) in [6.45, 7) is 11.5. The number of aliphatic hydroxyl groups is 1. The average molecular weight is 493 g/mol.